The Morgan fingerprint density at radius 3 is 2.25 bits per heavy atom. The number of aryl methyl sites for hydroxylation is 2. The van der Waals surface area contributed by atoms with Gasteiger partial charge in [0.25, 0.3) is 0 Å². The molecule has 0 spiro atoms. The molecule has 5 heteroatoms. The fourth-order valence-corrected chi connectivity index (χ4v) is 2.18. The van der Waals surface area contributed by atoms with Gasteiger partial charge in [-0.3, -0.25) is 4.79 Å². The van der Waals surface area contributed by atoms with Gasteiger partial charge in [-0.15, -0.1) is 0 Å². The Hall–Kier alpha value is -1.94. The first-order valence-corrected chi connectivity index (χ1v) is 6.63. The number of benzene rings is 1. The number of hydrogen-bond acceptors (Lipinski definition) is 3. The minimum atomic E-state index is -0.926. The van der Waals surface area contributed by atoms with Gasteiger partial charge >= 0.3 is 5.97 Å². The molecule has 0 aliphatic heterocycles. The summed E-state index contributed by atoms with van der Waals surface area (Å²) in [7, 11) is 0. The Balaban J connectivity index is 2.31. The molecule has 1 aromatic heterocycles. The van der Waals surface area contributed by atoms with E-state index in [1.807, 2.05) is 32.0 Å². The molecule has 0 aliphatic rings. The van der Waals surface area contributed by atoms with Crippen LogP contribution >= 0.6 is 11.6 Å². The standard InChI is InChI=1S/C15H15ClN2O2/c1-9-7-10(2)18-14(17-9)13(15(19)20)8-11-3-5-12(16)6-4-11/h3-7,13H,8H2,1-2H3,(H,19,20). The second-order valence-electron chi connectivity index (χ2n) is 4.73. The van der Waals surface area contributed by atoms with E-state index in [1.54, 1.807) is 12.1 Å². The molecule has 0 saturated heterocycles. The quantitative estimate of drug-likeness (QED) is 0.939. The van der Waals surface area contributed by atoms with Crippen LogP contribution in [0.2, 0.25) is 5.02 Å². The van der Waals surface area contributed by atoms with Crippen LogP contribution in [0.3, 0.4) is 0 Å². The van der Waals surface area contributed by atoms with E-state index in [0.29, 0.717) is 17.3 Å². The number of hydrogen-bond donors (Lipinski definition) is 1. The van der Waals surface area contributed by atoms with Crippen LogP contribution in [0, 0.1) is 13.8 Å². The molecular formula is C15H15ClN2O2. The van der Waals surface area contributed by atoms with Crippen molar-refractivity contribution in [2.75, 3.05) is 0 Å². The van der Waals surface area contributed by atoms with E-state index < -0.39 is 11.9 Å². The monoisotopic (exact) mass is 290 g/mol. The molecule has 0 aliphatic carbocycles. The van der Waals surface area contributed by atoms with Crippen molar-refractivity contribution < 1.29 is 9.90 Å². The molecule has 104 valence electrons. The molecule has 20 heavy (non-hydrogen) atoms. The lowest BCUT2D eigenvalue weighted by molar-refractivity contribution is -0.139. The Morgan fingerprint density at radius 2 is 1.75 bits per heavy atom. The summed E-state index contributed by atoms with van der Waals surface area (Å²) in [5.41, 5.74) is 2.44. The number of rotatable bonds is 4. The first-order valence-electron chi connectivity index (χ1n) is 6.25. The highest BCUT2D eigenvalue weighted by atomic mass is 35.5. The summed E-state index contributed by atoms with van der Waals surface area (Å²) in [6, 6.07) is 8.96. The molecule has 1 N–H and O–H groups in total. The third-order valence-corrected chi connectivity index (χ3v) is 3.21. The third-order valence-electron chi connectivity index (χ3n) is 2.96. The van der Waals surface area contributed by atoms with E-state index in [-0.39, 0.29) is 0 Å². The fourth-order valence-electron chi connectivity index (χ4n) is 2.05. The summed E-state index contributed by atoms with van der Waals surface area (Å²) in [6.45, 7) is 3.67. The van der Waals surface area contributed by atoms with Crippen molar-refractivity contribution >= 4 is 17.6 Å². The molecule has 2 aromatic rings. The zero-order valence-electron chi connectivity index (χ0n) is 11.3. The van der Waals surface area contributed by atoms with Crippen molar-refractivity contribution in [2.45, 2.75) is 26.2 Å². The summed E-state index contributed by atoms with van der Waals surface area (Å²) in [6.07, 6.45) is 0.343. The van der Waals surface area contributed by atoms with Gasteiger partial charge in [0.15, 0.2) is 0 Å². The summed E-state index contributed by atoms with van der Waals surface area (Å²) in [5.74, 6) is -1.33. The van der Waals surface area contributed by atoms with Gasteiger partial charge in [0.05, 0.1) is 0 Å². The van der Waals surface area contributed by atoms with Gasteiger partial charge in [-0.2, -0.15) is 0 Å². The third kappa shape index (κ3) is 3.54. The minimum Gasteiger partial charge on any atom is -0.481 e. The van der Waals surface area contributed by atoms with E-state index in [9.17, 15) is 9.90 Å². The van der Waals surface area contributed by atoms with Gasteiger partial charge in [-0.1, -0.05) is 23.7 Å². The Bertz CT molecular complexity index is 606. The number of nitrogens with zero attached hydrogens (tertiary/aromatic N) is 2. The predicted octanol–water partition coefficient (Wildman–Crippen LogP) is 3.16. The summed E-state index contributed by atoms with van der Waals surface area (Å²) < 4.78 is 0. The maximum absolute atomic E-state index is 11.5. The average Bonchev–Trinajstić information content (AvgIpc) is 2.36. The highest BCUT2D eigenvalue weighted by Crippen LogP contribution is 2.20. The highest BCUT2D eigenvalue weighted by Gasteiger charge is 2.23. The smallest absolute Gasteiger partial charge is 0.314 e. The van der Waals surface area contributed by atoms with Gasteiger partial charge in [0.2, 0.25) is 0 Å². The van der Waals surface area contributed by atoms with Crippen LogP contribution in [0.25, 0.3) is 0 Å². The highest BCUT2D eigenvalue weighted by molar-refractivity contribution is 6.30. The van der Waals surface area contributed by atoms with Crippen LogP contribution < -0.4 is 0 Å². The second-order valence-corrected chi connectivity index (χ2v) is 5.17. The van der Waals surface area contributed by atoms with Gasteiger partial charge < -0.3 is 5.11 Å². The number of aromatic nitrogens is 2. The van der Waals surface area contributed by atoms with Crippen molar-refractivity contribution in [1.29, 1.82) is 0 Å². The van der Waals surface area contributed by atoms with Crippen molar-refractivity contribution in [2.24, 2.45) is 0 Å². The molecule has 1 atom stereocenters. The van der Waals surface area contributed by atoms with Crippen molar-refractivity contribution in [1.82, 2.24) is 9.97 Å². The molecule has 0 radical (unpaired) electrons. The number of carboxylic acid groups (broad SMARTS) is 1. The molecule has 1 heterocycles. The molecule has 0 fully saturated rings. The largest absolute Gasteiger partial charge is 0.481 e. The number of carbonyl (C=O) groups is 1. The van der Waals surface area contributed by atoms with Crippen LogP contribution in [0.15, 0.2) is 30.3 Å². The minimum absolute atomic E-state index is 0.343. The summed E-state index contributed by atoms with van der Waals surface area (Å²) in [4.78, 5) is 20.0. The molecular weight excluding hydrogens is 276 g/mol. The Labute approximate surface area is 122 Å². The number of halogens is 1. The average molecular weight is 291 g/mol. The van der Waals surface area contributed by atoms with Crippen LogP contribution in [0.5, 0.6) is 0 Å². The molecule has 0 amide bonds. The van der Waals surface area contributed by atoms with Crippen LogP contribution in [0.4, 0.5) is 0 Å². The predicted molar refractivity (Wildman–Crippen MR) is 77.0 cm³/mol. The SMILES string of the molecule is Cc1cc(C)nc(C(Cc2ccc(Cl)cc2)C(=O)O)n1. The molecule has 1 unspecified atom stereocenters. The second kappa shape index (κ2) is 6.01. The molecule has 0 bridgehead atoms. The topological polar surface area (TPSA) is 63.1 Å². The zero-order valence-corrected chi connectivity index (χ0v) is 12.1. The van der Waals surface area contributed by atoms with E-state index in [0.717, 1.165) is 17.0 Å². The number of carboxylic acids is 1. The van der Waals surface area contributed by atoms with E-state index in [1.165, 1.54) is 0 Å². The van der Waals surface area contributed by atoms with Gasteiger partial charge in [0, 0.05) is 16.4 Å². The zero-order chi connectivity index (χ0) is 14.7. The van der Waals surface area contributed by atoms with Crippen molar-refractivity contribution in [3.05, 3.63) is 58.1 Å². The molecule has 2 rings (SSSR count). The molecule has 4 nitrogen and oxygen atoms in total. The summed E-state index contributed by atoms with van der Waals surface area (Å²) in [5, 5.41) is 10.0. The first kappa shape index (κ1) is 14.5. The van der Waals surface area contributed by atoms with Gasteiger partial charge in [0.1, 0.15) is 11.7 Å². The number of aliphatic carboxylic acids is 1. The van der Waals surface area contributed by atoms with E-state index in [4.69, 9.17) is 11.6 Å². The maximum Gasteiger partial charge on any atom is 0.314 e. The van der Waals surface area contributed by atoms with Gasteiger partial charge in [-0.25, -0.2) is 9.97 Å². The van der Waals surface area contributed by atoms with Crippen molar-refractivity contribution in [3.8, 4) is 0 Å². The normalized spacial score (nSPS) is 12.2. The lowest BCUT2D eigenvalue weighted by Gasteiger charge is -2.12. The van der Waals surface area contributed by atoms with E-state index >= 15 is 0 Å². The Kier molecular flexibility index (Phi) is 4.35. The van der Waals surface area contributed by atoms with Crippen molar-refractivity contribution in [3.63, 3.8) is 0 Å². The molecule has 1 aromatic carbocycles. The first-order chi connectivity index (χ1) is 9.45. The Morgan fingerprint density at radius 1 is 1.20 bits per heavy atom. The van der Waals surface area contributed by atoms with Crippen LogP contribution in [-0.2, 0) is 11.2 Å². The van der Waals surface area contributed by atoms with E-state index in [2.05, 4.69) is 9.97 Å². The van der Waals surface area contributed by atoms with Crippen LogP contribution in [-0.4, -0.2) is 21.0 Å². The van der Waals surface area contributed by atoms with Crippen LogP contribution in [0.1, 0.15) is 28.7 Å². The van der Waals surface area contributed by atoms with Gasteiger partial charge in [-0.05, 0) is 44.0 Å². The lowest BCUT2D eigenvalue weighted by Crippen LogP contribution is -2.18. The maximum atomic E-state index is 11.5. The fraction of sp³-hybridized carbons (Fsp3) is 0.267. The lowest BCUT2D eigenvalue weighted by atomic mass is 9.98. The summed E-state index contributed by atoms with van der Waals surface area (Å²) >= 11 is 5.83. The molecule has 0 saturated carbocycles.